The van der Waals surface area contributed by atoms with E-state index < -0.39 is 0 Å². The molecule has 0 saturated carbocycles. The largest absolute Gasteiger partial charge is 0.373 e. The van der Waals surface area contributed by atoms with Crippen LogP contribution in [0.15, 0.2) is 18.3 Å². The maximum atomic E-state index is 4.29. The maximum Gasteiger partial charge on any atom is 0.125 e. The van der Waals surface area contributed by atoms with Gasteiger partial charge < -0.3 is 5.32 Å². The molecule has 0 spiro atoms. The molecule has 0 aliphatic heterocycles. The van der Waals surface area contributed by atoms with Crippen molar-refractivity contribution in [1.29, 1.82) is 0 Å². The van der Waals surface area contributed by atoms with Crippen LogP contribution in [-0.2, 0) is 5.75 Å². The Hall–Kier alpha value is -0.700. The Morgan fingerprint density at radius 3 is 2.80 bits per heavy atom. The van der Waals surface area contributed by atoms with E-state index in [9.17, 15) is 0 Å². The Balaban J connectivity index is 2.31. The summed E-state index contributed by atoms with van der Waals surface area (Å²) in [5.41, 5.74) is 1.31. The Morgan fingerprint density at radius 2 is 2.27 bits per heavy atom. The number of anilines is 1. The minimum atomic E-state index is 0.819. The predicted molar refractivity (Wildman–Crippen MR) is 69.4 cm³/mol. The topological polar surface area (TPSA) is 24.9 Å². The molecule has 0 amide bonds. The first-order chi connectivity index (χ1) is 7.26. The summed E-state index contributed by atoms with van der Waals surface area (Å²) < 4.78 is 0. The summed E-state index contributed by atoms with van der Waals surface area (Å²) in [6, 6.07) is 4.17. The van der Waals surface area contributed by atoms with Gasteiger partial charge in [-0.15, -0.1) is 0 Å². The molecule has 0 fully saturated rings. The third kappa shape index (κ3) is 4.56. The lowest BCUT2D eigenvalue weighted by molar-refractivity contribution is 0.637. The highest BCUT2D eigenvalue weighted by Gasteiger charge is 2.00. The van der Waals surface area contributed by atoms with Crippen molar-refractivity contribution < 1.29 is 0 Å². The predicted octanol–water partition coefficient (Wildman–Crippen LogP) is 3.40. The number of nitrogens with one attached hydrogen (secondary N) is 1. The van der Waals surface area contributed by atoms with Gasteiger partial charge in [0.15, 0.2) is 0 Å². The summed E-state index contributed by atoms with van der Waals surface area (Å²) in [5, 5.41) is 3.02. The fourth-order valence-electron chi connectivity index (χ4n) is 1.15. The van der Waals surface area contributed by atoms with Gasteiger partial charge in [-0.2, -0.15) is 11.8 Å². The van der Waals surface area contributed by atoms with E-state index in [0.717, 1.165) is 17.5 Å². The quantitative estimate of drug-likeness (QED) is 0.801. The number of aromatic nitrogens is 1. The van der Waals surface area contributed by atoms with Crippen LogP contribution < -0.4 is 5.32 Å². The molecule has 0 saturated heterocycles. The second-order valence-corrected chi connectivity index (χ2v) is 4.86. The van der Waals surface area contributed by atoms with E-state index in [2.05, 4.69) is 30.2 Å². The van der Waals surface area contributed by atoms with Crippen molar-refractivity contribution in [2.24, 2.45) is 5.92 Å². The average Bonchev–Trinajstić information content (AvgIpc) is 2.29. The molecule has 1 heterocycles. The van der Waals surface area contributed by atoms with Crippen LogP contribution in [0.2, 0.25) is 0 Å². The summed E-state index contributed by atoms with van der Waals surface area (Å²) in [4.78, 5) is 4.29. The van der Waals surface area contributed by atoms with E-state index in [0.29, 0.717) is 0 Å². The van der Waals surface area contributed by atoms with Crippen molar-refractivity contribution in [2.45, 2.75) is 26.0 Å². The molecule has 84 valence electrons. The van der Waals surface area contributed by atoms with Crippen molar-refractivity contribution >= 4 is 17.6 Å². The number of pyridine rings is 1. The van der Waals surface area contributed by atoms with Gasteiger partial charge in [0, 0.05) is 19.0 Å². The first-order valence-corrected chi connectivity index (χ1v) is 6.62. The normalized spacial score (nSPS) is 12.5. The maximum absolute atomic E-state index is 4.29. The van der Waals surface area contributed by atoms with E-state index in [-0.39, 0.29) is 0 Å². The zero-order chi connectivity index (χ0) is 11.1. The smallest absolute Gasteiger partial charge is 0.125 e. The second kappa shape index (κ2) is 6.72. The summed E-state index contributed by atoms with van der Waals surface area (Å²) in [6.45, 7) is 4.55. The lowest BCUT2D eigenvalue weighted by atomic mass is 10.2. The van der Waals surface area contributed by atoms with Gasteiger partial charge in [-0.05, 0) is 23.3 Å². The molecule has 0 aliphatic carbocycles. The fraction of sp³-hybridized carbons (Fsp3) is 0.583. The molecule has 0 aliphatic rings. The van der Waals surface area contributed by atoms with Gasteiger partial charge >= 0.3 is 0 Å². The van der Waals surface area contributed by atoms with Gasteiger partial charge in [0.25, 0.3) is 0 Å². The molecule has 0 aromatic carbocycles. The molecule has 0 radical (unpaired) electrons. The zero-order valence-corrected chi connectivity index (χ0v) is 10.6. The van der Waals surface area contributed by atoms with Gasteiger partial charge in [0.1, 0.15) is 5.82 Å². The van der Waals surface area contributed by atoms with E-state index in [1.807, 2.05) is 31.1 Å². The summed E-state index contributed by atoms with van der Waals surface area (Å²) in [6.07, 6.45) is 3.22. The third-order valence-corrected chi connectivity index (χ3v) is 3.79. The van der Waals surface area contributed by atoms with Gasteiger partial charge in [0.05, 0.1) is 0 Å². The second-order valence-electron chi connectivity index (χ2n) is 3.83. The van der Waals surface area contributed by atoms with Crippen molar-refractivity contribution in [3.05, 3.63) is 23.9 Å². The van der Waals surface area contributed by atoms with Crippen molar-refractivity contribution in [2.75, 3.05) is 18.1 Å². The van der Waals surface area contributed by atoms with Crippen LogP contribution >= 0.6 is 11.8 Å². The zero-order valence-electron chi connectivity index (χ0n) is 9.79. The highest BCUT2D eigenvalue weighted by Crippen LogP contribution is 2.17. The molecule has 1 aromatic rings. The lowest BCUT2D eigenvalue weighted by Crippen LogP contribution is -1.96. The molecule has 1 N–H and O–H groups in total. The first-order valence-electron chi connectivity index (χ1n) is 5.46. The van der Waals surface area contributed by atoms with Crippen LogP contribution in [0.25, 0.3) is 0 Å². The van der Waals surface area contributed by atoms with Crippen LogP contribution in [0.3, 0.4) is 0 Å². The molecular weight excluding hydrogens is 204 g/mol. The number of rotatable bonds is 6. The van der Waals surface area contributed by atoms with Gasteiger partial charge in [-0.25, -0.2) is 4.98 Å². The highest BCUT2D eigenvalue weighted by molar-refractivity contribution is 7.98. The van der Waals surface area contributed by atoms with E-state index in [1.54, 1.807) is 0 Å². The summed E-state index contributed by atoms with van der Waals surface area (Å²) >= 11 is 1.99. The van der Waals surface area contributed by atoms with Crippen LogP contribution in [0.5, 0.6) is 0 Å². The first kappa shape index (κ1) is 12.4. The molecule has 2 nitrogen and oxygen atoms in total. The highest BCUT2D eigenvalue weighted by atomic mass is 32.2. The lowest BCUT2D eigenvalue weighted by Gasteiger charge is -2.07. The average molecular weight is 224 g/mol. The molecule has 1 unspecified atom stereocenters. The van der Waals surface area contributed by atoms with Crippen molar-refractivity contribution in [3.8, 4) is 0 Å². The van der Waals surface area contributed by atoms with E-state index in [1.165, 1.54) is 17.7 Å². The molecule has 1 atom stereocenters. The Labute approximate surface area is 96.9 Å². The SMILES string of the molecule is CCC(C)CSCc1ccc(NC)nc1. The Bertz CT molecular complexity index is 271. The van der Waals surface area contributed by atoms with Crippen LogP contribution in [0.1, 0.15) is 25.8 Å². The van der Waals surface area contributed by atoms with Crippen LogP contribution in [-0.4, -0.2) is 17.8 Å². The number of nitrogens with zero attached hydrogens (tertiary/aromatic N) is 1. The minimum absolute atomic E-state index is 0.819. The standard InChI is InChI=1S/C12H20N2S/c1-4-10(2)8-15-9-11-5-6-12(13-3)14-7-11/h5-7,10H,4,8-9H2,1-3H3,(H,13,14). The molecular formula is C12H20N2S. The van der Waals surface area contributed by atoms with Crippen molar-refractivity contribution in [1.82, 2.24) is 4.98 Å². The number of hydrogen-bond acceptors (Lipinski definition) is 3. The minimum Gasteiger partial charge on any atom is -0.373 e. The van der Waals surface area contributed by atoms with Crippen molar-refractivity contribution in [3.63, 3.8) is 0 Å². The molecule has 0 bridgehead atoms. The Kier molecular flexibility index (Phi) is 5.54. The molecule has 1 aromatic heterocycles. The van der Waals surface area contributed by atoms with Crippen LogP contribution in [0.4, 0.5) is 5.82 Å². The molecule has 3 heteroatoms. The van der Waals surface area contributed by atoms with E-state index in [4.69, 9.17) is 0 Å². The number of thioether (sulfide) groups is 1. The molecule has 1 rings (SSSR count). The number of hydrogen-bond donors (Lipinski definition) is 1. The van der Waals surface area contributed by atoms with Crippen LogP contribution in [0, 0.1) is 5.92 Å². The van der Waals surface area contributed by atoms with Gasteiger partial charge in [-0.3, -0.25) is 0 Å². The fourth-order valence-corrected chi connectivity index (χ4v) is 2.32. The summed E-state index contributed by atoms with van der Waals surface area (Å²) in [7, 11) is 1.89. The Morgan fingerprint density at radius 1 is 1.47 bits per heavy atom. The van der Waals surface area contributed by atoms with E-state index >= 15 is 0 Å². The monoisotopic (exact) mass is 224 g/mol. The molecule has 15 heavy (non-hydrogen) atoms. The third-order valence-electron chi connectivity index (χ3n) is 2.45. The van der Waals surface area contributed by atoms with Gasteiger partial charge in [0.2, 0.25) is 0 Å². The van der Waals surface area contributed by atoms with Gasteiger partial charge in [-0.1, -0.05) is 26.3 Å². The summed E-state index contributed by atoms with van der Waals surface area (Å²) in [5.74, 6) is 4.07.